The van der Waals surface area contributed by atoms with Crippen molar-refractivity contribution in [2.45, 2.75) is 24.9 Å². The van der Waals surface area contributed by atoms with Crippen LogP contribution in [0.25, 0.3) is 0 Å². The third-order valence-electron chi connectivity index (χ3n) is 3.45. The first-order valence-corrected chi connectivity index (χ1v) is 7.04. The number of ether oxygens (including phenoxy) is 1. The van der Waals surface area contributed by atoms with E-state index in [-0.39, 0.29) is 11.7 Å². The van der Waals surface area contributed by atoms with Crippen molar-refractivity contribution < 1.29 is 4.74 Å². The first kappa shape index (κ1) is 12.3. The quantitative estimate of drug-likeness (QED) is 0.897. The molecule has 1 aromatic rings. The number of aromatic nitrogens is 2. The molecular weight excluding hydrogens is 298 g/mol. The Balaban J connectivity index is 1.94. The Hall–Kier alpha value is -0.720. The van der Waals surface area contributed by atoms with Gasteiger partial charge in [-0.1, -0.05) is 0 Å². The molecule has 5 nitrogen and oxygen atoms in total. The average molecular weight is 314 g/mol. The van der Waals surface area contributed by atoms with Gasteiger partial charge in [-0.05, 0) is 35.8 Å². The number of nitrogens with one attached hydrogen (secondary N) is 1. The molecule has 18 heavy (non-hydrogen) atoms. The molecule has 98 valence electrons. The van der Waals surface area contributed by atoms with Gasteiger partial charge >= 0.3 is 0 Å². The summed E-state index contributed by atoms with van der Waals surface area (Å²) >= 11 is 3.33. The second kappa shape index (κ2) is 4.75. The van der Waals surface area contributed by atoms with Gasteiger partial charge in [-0.3, -0.25) is 4.79 Å². The zero-order chi connectivity index (χ0) is 12.7. The van der Waals surface area contributed by atoms with E-state index in [1.807, 2.05) is 7.05 Å². The Morgan fingerprint density at radius 1 is 1.50 bits per heavy atom. The first-order chi connectivity index (χ1) is 8.65. The monoisotopic (exact) mass is 313 g/mol. The molecule has 1 saturated heterocycles. The summed E-state index contributed by atoms with van der Waals surface area (Å²) in [5.74, 6) is 1.11. The summed E-state index contributed by atoms with van der Waals surface area (Å²) in [6.07, 6.45) is 2.13. The Bertz CT molecular complexity index is 513. The summed E-state index contributed by atoms with van der Waals surface area (Å²) in [7, 11) is 2.05. The lowest BCUT2D eigenvalue weighted by Crippen LogP contribution is -2.36. The van der Waals surface area contributed by atoms with Gasteiger partial charge in [0, 0.05) is 19.0 Å². The van der Waals surface area contributed by atoms with Gasteiger partial charge in [0.05, 0.1) is 12.3 Å². The Labute approximate surface area is 114 Å². The van der Waals surface area contributed by atoms with Crippen molar-refractivity contribution in [2.24, 2.45) is 0 Å². The van der Waals surface area contributed by atoms with Crippen LogP contribution in [0.4, 0.5) is 0 Å². The number of hydrogen-bond donors (Lipinski definition) is 1. The number of rotatable bonds is 2. The second-order valence-corrected chi connectivity index (χ2v) is 5.84. The minimum absolute atomic E-state index is 0.0984. The number of morpholine rings is 1. The van der Waals surface area contributed by atoms with Gasteiger partial charge in [-0.15, -0.1) is 0 Å². The predicted octanol–water partition coefficient (Wildman–Crippen LogP) is 1.41. The minimum Gasteiger partial charge on any atom is -0.368 e. The van der Waals surface area contributed by atoms with Gasteiger partial charge in [-0.2, -0.15) is 0 Å². The molecule has 1 saturated carbocycles. The summed E-state index contributed by atoms with van der Waals surface area (Å²) in [5, 5.41) is 0. The molecule has 2 aliphatic rings. The average Bonchev–Trinajstić information content (AvgIpc) is 3.16. The van der Waals surface area contributed by atoms with Crippen molar-refractivity contribution in [1.29, 1.82) is 0 Å². The van der Waals surface area contributed by atoms with E-state index in [4.69, 9.17) is 4.74 Å². The highest BCUT2D eigenvalue weighted by atomic mass is 79.9. The smallest absolute Gasteiger partial charge is 0.265 e. The Morgan fingerprint density at radius 3 is 2.94 bits per heavy atom. The third kappa shape index (κ3) is 2.37. The van der Waals surface area contributed by atoms with Crippen LogP contribution in [0.1, 0.15) is 36.4 Å². The highest BCUT2D eigenvalue weighted by Gasteiger charge is 2.30. The third-order valence-corrected chi connectivity index (χ3v) is 4.21. The van der Waals surface area contributed by atoms with E-state index in [1.54, 1.807) is 0 Å². The van der Waals surface area contributed by atoms with Crippen LogP contribution in [0.2, 0.25) is 0 Å². The lowest BCUT2D eigenvalue weighted by molar-refractivity contribution is -0.0257. The number of nitrogens with zero attached hydrogens (tertiary/aromatic N) is 2. The largest absolute Gasteiger partial charge is 0.368 e. The summed E-state index contributed by atoms with van der Waals surface area (Å²) in [6.45, 7) is 2.38. The van der Waals surface area contributed by atoms with Crippen molar-refractivity contribution in [2.75, 3.05) is 26.7 Å². The molecule has 1 aromatic heterocycles. The molecular formula is C12H16BrN3O2. The second-order valence-electron chi connectivity index (χ2n) is 5.05. The van der Waals surface area contributed by atoms with Crippen LogP contribution in [0.5, 0.6) is 0 Å². The fraction of sp³-hybridized carbons (Fsp3) is 0.667. The highest BCUT2D eigenvalue weighted by Crippen LogP contribution is 2.41. The minimum atomic E-state index is -0.123. The van der Waals surface area contributed by atoms with Crippen LogP contribution in [0.15, 0.2) is 9.27 Å². The van der Waals surface area contributed by atoms with Crippen LogP contribution in [0, 0.1) is 0 Å². The molecule has 3 rings (SSSR count). The summed E-state index contributed by atoms with van der Waals surface area (Å²) in [4.78, 5) is 21.5. The maximum atomic E-state index is 11.9. The van der Waals surface area contributed by atoms with E-state index in [2.05, 4.69) is 30.8 Å². The molecule has 2 heterocycles. The van der Waals surface area contributed by atoms with Crippen LogP contribution in [0.3, 0.4) is 0 Å². The van der Waals surface area contributed by atoms with E-state index in [0.717, 1.165) is 31.6 Å². The molecule has 0 bridgehead atoms. The van der Waals surface area contributed by atoms with Gasteiger partial charge in [-0.25, -0.2) is 4.98 Å². The molecule has 0 amide bonds. The predicted molar refractivity (Wildman–Crippen MR) is 70.7 cm³/mol. The van der Waals surface area contributed by atoms with Crippen LogP contribution in [-0.2, 0) is 4.74 Å². The van der Waals surface area contributed by atoms with Crippen LogP contribution >= 0.6 is 15.9 Å². The number of halogens is 1. The maximum Gasteiger partial charge on any atom is 0.265 e. The van der Waals surface area contributed by atoms with Crippen molar-refractivity contribution in [3.63, 3.8) is 0 Å². The van der Waals surface area contributed by atoms with Crippen molar-refractivity contribution in [1.82, 2.24) is 14.9 Å². The number of H-pyrrole nitrogens is 1. The highest BCUT2D eigenvalue weighted by molar-refractivity contribution is 9.10. The number of aromatic amines is 1. The van der Waals surface area contributed by atoms with E-state index < -0.39 is 0 Å². The van der Waals surface area contributed by atoms with Crippen molar-refractivity contribution in [3.05, 3.63) is 26.3 Å². The SMILES string of the molecule is CN1CCOC(c2nc(C3CC3)c(Br)c(=O)[nH]2)C1. The van der Waals surface area contributed by atoms with Gasteiger partial charge in [0.1, 0.15) is 16.4 Å². The van der Waals surface area contributed by atoms with E-state index in [9.17, 15) is 4.79 Å². The van der Waals surface area contributed by atoms with Crippen LogP contribution < -0.4 is 5.56 Å². The maximum absolute atomic E-state index is 11.9. The number of hydrogen-bond acceptors (Lipinski definition) is 4. The van der Waals surface area contributed by atoms with E-state index >= 15 is 0 Å². The molecule has 1 N–H and O–H groups in total. The molecule has 1 aliphatic heterocycles. The summed E-state index contributed by atoms with van der Waals surface area (Å²) in [6, 6.07) is 0. The normalized spacial score (nSPS) is 25.3. The standard InChI is InChI=1S/C12H16BrN3O2/c1-16-4-5-18-8(6-16)11-14-10(7-2-3-7)9(13)12(17)15-11/h7-8H,2-6H2,1H3,(H,14,15,17). The van der Waals surface area contributed by atoms with Crippen molar-refractivity contribution in [3.8, 4) is 0 Å². The molecule has 1 atom stereocenters. The zero-order valence-electron chi connectivity index (χ0n) is 10.3. The van der Waals surface area contributed by atoms with Gasteiger partial charge in [0.2, 0.25) is 0 Å². The van der Waals surface area contributed by atoms with Gasteiger partial charge in [0.15, 0.2) is 0 Å². The first-order valence-electron chi connectivity index (χ1n) is 6.25. The fourth-order valence-electron chi connectivity index (χ4n) is 2.22. The summed E-state index contributed by atoms with van der Waals surface area (Å²) in [5.41, 5.74) is 0.796. The Morgan fingerprint density at radius 2 is 2.28 bits per heavy atom. The molecule has 1 unspecified atom stereocenters. The van der Waals surface area contributed by atoms with Gasteiger partial charge < -0.3 is 14.6 Å². The number of likely N-dealkylation sites (N-methyl/N-ethyl adjacent to an activating group) is 1. The molecule has 6 heteroatoms. The Kier molecular flexibility index (Phi) is 3.25. The van der Waals surface area contributed by atoms with E-state index in [1.165, 1.54) is 0 Å². The van der Waals surface area contributed by atoms with Crippen LogP contribution in [-0.4, -0.2) is 41.6 Å². The molecule has 0 radical (unpaired) electrons. The lowest BCUT2D eigenvalue weighted by atomic mass is 10.2. The van der Waals surface area contributed by atoms with Crippen molar-refractivity contribution >= 4 is 15.9 Å². The molecule has 1 aliphatic carbocycles. The molecule has 0 aromatic carbocycles. The van der Waals surface area contributed by atoms with E-state index in [0.29, 0.717) is 22.8 Å². The topological polar surface area (TPSA) is 58.2 Å². The lowest BCUT2D eigenvalue weighted by Gasteiger charge is -2.29. The zero-order valence-corrected chi connectivity index (χ0v) is 11.9. The van der Waals surface area contributed by atoms with Gasteiger partial charge in [0.25, 0.3) is 5.56 Å². The molecule has 2 fully saturated rings. The molecule has 0 spiro atoms. The fourth-order valence-corrected chi connectivity index (χ4v) is 2.73. The summed E-state index contributed by atoms with van der Waals surface area (Å²) < 4.78 is 6.28.